The normalized spacial score (nSPS) is 15.8. The molecular weight excluding hydrogens is 326 g/mol. The molecule has 0 spiro atoms. The maximum absolute atomic E-state index is 6.17. The molecule has 24 heavy (non-hydrogen) atoms. The van der Waals surface area contributed by atoms with Gasteiger partial charge in [0.05, 0.1) is 5.02 Å². The average molecular weight is 344 g/mol. The van der Waals surface area contributed by atoms with E-state index in [1.807, 2.05) is 43.3 Å². The van der Waals surface area contributed by atoms with Gasteiger partial charge in [-0.1, -0.05) is 23.7 Å². The number of para-hydroxylation sites is 1. The molecule has 3 aromatic rings. The molecule has 0 atom stereocenters. The molecule has 0 unspecified atom stereocenters. The maximum Gasteiger partial charge on any atom is 0.178 e. The van der Waals surface area contributed by atoms with Crippen LogP contribution in [0.5, 0.6) is 5.75 Å². The van der Waals surface area contributed by atoms with Crippen molar-refractivity contribution in [3.63, 3.8) is 0 Å². The van der Waals surface area contributed by atoms with Crippen molar-refractivity contribution >= 4 is 23.1 Å². The van der Waals surface area contributed by atoms with Gasteiger partial charge in [0.15, 0.2) is 11.5 Å². The molecule has 1 fully saturated rings. The Labute approximate surface area is 145 Å². The Balaban J connectivity index is 1.43. The van der Waals surface area contributed by atoms with Gasteiger partial charge in [-0.2, -0.15) is 4.52 Å². The molecule has 1 aromatic carbocycles. The van der Waals surface area contributed by atoms with E-state index in [1.54, 1.807) is 4.52 Å². The fourth-order valence-corrected chi connectivity index (χ4v) is 3.16. The van der Waals surface area contributed by atoms with E-state index in [-0.39, 0.29) is 6.10 Å². The van der Waals surface area contributed by atoms with E-state index in [4.69, 9.17) is 16.3 Å². The quantitative estimate of drug-likeness (QED) is 0.731. The van der Waals surface area contributed by atoms with Gasteiger partial charge in [-0.05, 0) is 31.2 Å². The first-order chi connectivity index (χ1) is 11.7. The number of nitrogens with zero attached hydrogens (tertiary/aromatic N) is 5. The van der Waals surface area contributed by atoms with Crippen LogP contribution in [-0.4, -0.2) is 39.0 Å². The van der Waals surface area contributed by atoms with Crippen molar-refractivity contribution in [3.8, 4) is 5.75 Å². The Kier molecular flexibility index (Phi) is 3.98. The second-order valence-corrected chi connectivity index (χ2v) is 6.35. The molecule has 0 amide bonds. The minimum atomic E-state index is 0.182. The van der Waals surface area contributed by atoms with Gasteiger partial charge in [-0.25, -0.2) is 0 Å². The van der Waals surface area contributed by atoms with Crippen LogP contribution in [0.2, 0.25) is 5.02 Å². The standard InChI is InChI=1S/C17H18ClN5O/c1-12-19-20-16-6-7-17(21-23(12)16)22-10-8-13(9-11-22)24-15-5-3-2-4-14(15)18/h2-7,13H,8-11H2,1H3. The zero-order valence-corrected chi connectivity index (χ0v) is 14.1. The van der Waals surface area contributed by atoms with Crippen LogP contribution < -0.4 is 9.64 Å². The molecule has 1 aliphatic heterocycles. The van der Waals surface area contributed by atoms with Crippen LogP contribution >= 0.6 is 11.6 Å². The summed E-state index contributed by atoms with van der Waals surface area (Å²) in [7, 11) is 0. The van der Waals surface area contributed by atoms with E-state index >= 15 is 0 Å². The van der Waals surface area contributed by atoms with Gasteiger partial charge < -0.3 is 9.64 Å². The first kappa shape index (κ1) is 15.2. The van der Waals surface area contributed by atoms with Gasteiger partial charge in [0, 0.05) is 25.9 Å². The summed E-state index contributed by atoms with van der Waals surface area (Å²) in [5.74, 6) is 2.50. The maximum atomic E-state index is 6.17. The van der Waals surface area contributed by atoms with E-state index in [2.05, 4.69) is 20.2 Å². The van der Waals surface area contributed by atoms with Crippen LogP contribution in [0, 0.1) is 6.92 Å². The van der Waals surface area contributed by atoms with Crippen LogP contribution in [-0.2, 0) is 0 Å². The minimum Gasteiger partial charge on any atom is -0.489 e. The molecule has 0 bridgehead atoms. The summed E-state index contributed by atoms with van der Waals surface area (Å²) in [4.78, 5) is 2.27. The minimum absolute atomic E-state index is 0.182. The molecule has 124 valence electrons. The SMILES string of the molecule is Cc1nnc2ccc(N3CCC(Oc4ccccc4Cl)CC3)nn12. The van der Waals surface area contributed by atoms with Gasteiger partial charge >= 0.3 is 0 Å². The number of halogens is 1. The van der Waals surface area contributed by atoms with Gasteiger partial charge in [0.2, 0.25) is 0 Å². The molecule has 0 radical (unpaired) electrons. The number of hydrogen-bond acceptors (Lipinski definition) is 5. The third-order valence-corrected chi connectivity index (χ3v) is 4.61. The second kappa shape index (κ2) is 6.28. The summed E-state index contributed by atoms with van der Waals surface area (Å²) in [6.45, 7) is 3.70. The van der Waals surface area contributed by atoms with Crippen molar-refractivity contribution in [1.82, 2.24) is 19.8 Å². The van der Waals surface area contributed by atoms with Crippen LogP contribution in [0.4, 0.5) is 5.82 Å². The lowest BCUT2D eigenvalue weighted by Crippen LogP contribution is -2.39. The lowest BCUT2D eigenvalue weighted by atomic mass is 10.1. The number of anilines is 1. The zero-order valence-electron chi connectivity index (χ0n) is 13.4. The fourth-order valence-electron chi connectivity index (χ4n) is 2.98. The number of ether oxygens (including phenoxy) is 1. The Morgan fingerprint density at radius 2 is 1.88 bits per heavy atom. The van der Waals surface area contributed by atoms with Crippen LogP contribution in [0.15, 0.2) is 36.4 Å². The van der Waals surface area contributed by atoms with Crippen molar-refractivity contribution in [2.45, 2.75) is 25.9 Å². The number of fused-ring (bicyclic) bond motifs is 1. The molecule has 1 saturated heterocycles. The van der Waals surface area contributed by atoms with Crippen LogP contribution in [0.3, 0.4) is 0 Å². The van der Waals surface area contributed by atoms with E-state index in [0.717, 1.165) is 49.0 Å². The van der Waals surface area contributed by atoms with Gasteiger partial charge in [-0.3, -0.25) is 0 Å². The number of aryl methyl sites for hydroxylation is 1. The predicted octanol–water partition coefficient (Wildman–Crippen LogP) is 3.13. The summed E-state index contributed by atoms with van der Waals surface area (Å²) in [5, 5.41) is 13.4. The van der Waals surface area contributed by atoms with Crippen LogP contribution in [0.25, 0.3) is 5.65 Å². The van der Waals surface area contributed by atoms with E-state index in [0.29, 0.717) is 5.02 Å². The molecular formula is C17H18ClN5O. The Morgan fingerprint density at radius 3 is 2.67 bits per heavy atom. The van der Waals surface area contributed by atoms with E-state index < -0.39 is 0 Å². The number of rotatable bonds is 3. The third-order valence-electron chi connectivity index (χ3n) is 4.30. The summed E-state index contributed by atoms with van der Waals surface area (Å²) >= 11 is 6.17. The van der Waals surface area contributed by atoms with Crippen molar-refractivity contribution in [2.75, 3.05) is 18.0 Å². The zero-order chi connectivity index (χ0) is 16.5. The Morgan fingerprint density at radius 1 is 1.08 bits per heavy atom. The number of piperidine rings is 1. The highest BCUT2D eigenvalue weighted by Gasteiger charge is 2.22. The molecule has 0 saturated carbocycles. The molecule has 0 N–H and O–H groups in total. The average Bonchev–Trinajstić information content (AvgIpc) is 2.98. The van der Waals surface area contributed by atoms with E-state index in [1.165, 1.54) is 0 Å². The lowest BCUT2D eigenvalue weighted by Gasteiger charge is -2.33. The monoisotopic (exact) mass is 343 g/mol. The van der Waals surface area contributed by atoms with Crippen molar-refractivity contribution in [1.29, 1.82) is 0 Å². The lowest BCUT2D eigenvalue weighted by molar-refractivity contribution is 0.171. The number of benzene rings is 1. The fraction of sp³-hybridized carbons (Fsp3) is 0.353. The largest absolute Gasteiger partial charge is 0.489 e. The molecule has 1 aliphatic rings. The summed E-state index contributed by atoms with van der Waals surface area (Å²) in [6, 6.07) is 11.6. The molecule has 2 aromatic heterocycles. The topological polar surface area (TPSA) is 55.5 Å². The van der Waals surface area contributed by atoms with Crippen molar-refractivity contribution < 1.29 is 4.74 Å². The van der Waals surface area contributed by atoms with Crippen molar-refractivity contribution in [3.05, 3.63) is 47.2 Å². The first-order valence-electron chi connectivity index (χ1n) is 8.06. The smallest absolute Gasteiger partial charge is 0.178 e. The first-order valence-corrected chi connectivity index (χ1v) is 8.44. The predicted molar refractivity (Wildman–Crippen MR) is 92.8 cm³/mol. The molecule has 0 aliphatic carbocycles. The number of aromatic nitrogens is 4. The molecule has 4 rings (SSSR count). The summed E-state index contributed by atoms with van der Waals surface area (Å²) in [5.41, 5.74) is 0.771. The molecule has 3 heterocycles. The highest BCUT2D eigenvalue weighted by molar-refractivity contribution is 6.32. The summed E-state index contributed by atoms with van der Waals surface area (Å²) < 4.78 is 7.82. The van der Waals surface area contributed by atoms with E-state index in [9.17, 15) is 0 Å². The third kappa shape index (κ3) is 2.89. The van der Waals surface area contributed by atoms with Crippen molar-refractivity contribution in [2.24, 2.45) is 0 Å². The van der Waals surface area contributed by atoms with Gasteiger partial charge in [0.1, 0.15) is 17.7 Å². The Hall–Kier alpha value is -2.34. The highest BCUT2D eigenvalue weighted by Crippen LogP contribution is 2.27. The highest BCUT2D eigenvalue weighted by atomic mass is 35.5. The second-order valence-electron chi connectivity index (χ2n) is 5.94. The summed E-state index contributed by atoms with van der Waals surface area (Å²) in [6.07, 6.45) is 2.06. The molecule has 7 heteroatoms. The van der Waals surface area contributed by atoms with Crippen LogP contribution in [0.1, 0.15) is 18.7 Å². The Bertz CT molecular complexity index is 857. The molecule has 6 nitrogen and oxygen atoms in total. The van der Waals surface area contributed by atoms with Gasteiger partial charge in [-0.15, -0.1) is 15.3 Å². The van der Waals surface area contributed by atoms with Gasteiger partial charge in [0.25, 0.3) is 0 Å². The number of hydrogen-bond donors (Lipinski definition) is 0.